The standard InChI is InChI=1S/C18H23FN2O.C2H6/c1-4-13(5-2)12-21-18-11-15(8-9-20-18)14-6-7-17(22-3)16(19)10-14;1-2/h6-11,13H,4-5,12H2,1-3H3,(H,20,21);1-2H3. The number of pyridine rings is 1. The summed E-state index contributed by atoms with van der Waals surface area (Å²) in [5.41, 5.74) is 1.75. The third kappa shape index (κ3) is 5.52. The van der Waals surface area contributed by atoms with E-state index in [2.05, 4.69) is 24.1 Å². The summed E-state index contributed by atoms with van der Waals surface area (Å²) in [4.78, 5) is 4.33. The van der Waals surface area contributed by atoms with E-state index in [0.29, 0.717) is 5.92 Å². The van der Waals surface area contributed by atoms with Gasteiger partial charge in [-0.2, -0.15) is 0 Å². The highest BCUT2D eigenvalue weighted by molar-refractivity contribution is 5.67. The summed E-state index contributed by atoms with van der Waals surface area (Å²) in [6, 6.07) is 8.80. The van der Waals surface area contributed by atoms with Crippen molar-refractivity contribution in [2.45, 2.75) is 40.5 Å². The maximum absolute atomic E-state index is 13.8. The van der Waals surface area contributed by atoms with Crippen LogP contribution in [0.4, 0.5) is 10.2 Å². The topological polar surface area (TPSA) is 34.1 Å². The maximum atomic E-state index is 13.8. The molecule has 1 aromatic heterocycles. The highest BCUT2D eigenvalue weighted by Crippen LogP contribution is 2.26. The van der Waals surface area contributed by atoms with Crippen LogP contribution in [0.3, 0.4) is 0 Å². The van der Waals surface area contributed by atoms with E-state index < -0.39 is 0 Å². The molecule has 0 saturated carbocycles. The van der Waals surface area contributed by atoms with Gasteiger partial charge in [-0.05, 0) is 41.3 Å². The molecule has 0 bridgehead atoms. The van der Waals surface area contributed by atoms with Crippen molar-refractivity contribution >= 4 is 5.82 Å². The number of hydrogen-bond donors (Lipinski definition) is 1. The van der Waals surface area contributed by atoms with E-state index in [1.807, 2.05) is 32.0 Å². The molecule has 4 heteroatoms. The number of anilines is 1. The van der Waals surface area contributed by atoms with Crippen molar-refractivity contribution in [1.29, 1.82) is 0 Å². The van der Waals surface area contributed by atoms with Crippen molar-refractivity contribution in [3.05, 3.63) is 42.3 Å². The minimum absolute atomic E-state index is 0.255. The lowest BCUT2D eigenvalue weighted by Crippen LogP contribution is -2.13. The SMILES string of the molecule is CC.CCC(CC)CNc1cc(-c2ccc(OC)c(F)c2)ccn1. The Labute approximate surface area is 145 Å². The third-order valence-corrected chi connectivity index (χ3v) is 3.97. The summed E-state index contributed by atoms with van der Waals surface area (Å²) in [5, 5.41) is 3.36. The Kier molecular flexibility index (Phi) is 8.84. The average molecular weight is 332 g/mol. The molecule has 0 radical (unpaired) electrons. The van der Waals surface area contributed by atoms with Crippen LogP contribution < -0.4 is 10.1 Å². The number of benzene rings is 1. The Hall–Kier alpha value is -2.10. The monoisotopic (exact) mass is 332 g/mol. The molecule has 0 amide bonds. The second kappa shape index (κ2) is 10.6. The van der Waals surface area contributed by atoms with E-state index in [1.54, 1.807) is 12.3 Å². The lowest BCUT2D eigenvalue weighted by molar-refractivity contribution is 0.386. The van der Waals surface area contributed by atoms with Gasteiger partial charge in [0.1, 0.15) is 5.82 Å². The Bertz CT molecular complexity index is 612. The fraction of sp³-hybridized carbons (Fsp3) is 0.450. The normalized spacial score (nSPS) is 10.1. The van der Waals surface area contributed by atoms with Gasteiger partial charge in [0.15, 0.2) is 11.6 Å². The quantitative estimate of drug-likeness (QED) is 0.699. The van der Waals surface area contributed by atoms with Crippen molar-refractivity contribution in [1.82, 2.24) is 4.98 Å². The predicted molar refractivity (Wildman–Crippen MR) is 100 cm³/mol. The molecular weight excluding hydrogens is 303 g/mol. The molecule has 0 aliphatic heterocycles. The molecule has 0 atom stereocenters. The van der Waals surface area contributed by atoms with Crippen LogP contribution in [0.15, 0.2) is 36.5 Å². The van der Waals surface area contributed by atoms with Crippen LogP contribution in [0.2, 0.25) is 0 Å². The highest BCUT2D eigenvalue weighted by Gasteiger charge is 2.07. The second-order valence-corrected chi connectivity index (χ2v) is 5.34. The Balaban J connectivity index is 0.00000139. The highest BCUT2D eigenvalue weighted by atomic mass is 19.1. The van der Waals surface area contributed by atoms with Gasteiger partial charge in [0.05, 0.1) is 7.11 Å². The molecule has 0 unspecified atom stereocenters. The van der Waals surface area contributed by atoms with Crippen LogP contribution in [0.25, 0.3) is 11.1 Å². The van der Waals surface area contributed by atoms with Gasteiger partial charge in [0.25, 0.3) is 0 Å². The van der Waals surface area contributed by atoms with Crippen molar-refractivity contribution in [2.24, 2.45) is 5.92 Å². The maximum Gasteiger partial charge on any atom is 0.165 e. The number of nitrogens with zero attached hydrogens (tertiary/aromatic N) is 1. The molecule has 0 aliphatic carbocycles. The van der Waals surface area contributed by atoms with E-state index in [-0.39, 0.29) is 11.6 Å². The first-order valence-corrected chi connectivity index (χ1v) is 8.71. The lowest BCUT2D eigenvalue weighted by Gasteiger charge is -2.14. The molecule has 1 heterocycles. The lowest BCUT2D eigenvalue weighted by atomic mass is 10.0. The van der Waals surface area contributed by atoms with Crippen LogP contribution in [0.1, 0.15) is 40.5 Å². The van der Waals surface area contributed by atoms with Crippen molar-refractivity contribution < 1.29 is 9.13 Å². The molecule has 24 heavy (non-hydrogen) atoms. The van der Waals surface area contributed by atoms with E-state index >= 15 is 0 Å². The zero-order chi connectivity index (χ0) is 17.9. The van der Waals surface area contributed by atoms with E-state index in [9.17, 15) is 4.39 Å². The largest absolute Gasteiger partial charge is 0.494 e. The summed E-state index contributed by atoms with van der Waals surface area (Å²) in [6.07, 6.45) is 4.03. The molecular formula is C20H29FN2O. The molecule has 2 rings (SSSR count). The fourth-order valence-corrected chi connectivity index (χ4v) is 2.38. The number of ether oxygens (including phenoxy) is 1. The van der Waals surface area contributed by atoms with Gasteiger partial charge in [0.2, 0.25) is 0 Å². The molecule has 132 valence electrons. The minimum Gasteiger partial charge on any atom is -0.494 e. The summed E-state index contributed by atoms with van der Waals surface area (Å²) < 4.78 is 18.8. The molecule has 3 nitrogen and oxygen atoms in total. The summed E-state index contributed by atoms with van der Waals surface area (Å²) in [7, 11) is 1.46. The third-order valence-electron chi connectivity index (χ3n) is 3.97. The molecule has 0 spiro atoms. The van der Waals surface area contributed by atoms with Crippen molar-refractivity contribution in [2.75, 3.05) is 19.0 Å². The van der Waals surface area contributed by atoms with Gasteiger partial charge in [-0.25, -0.2) is 9.37 Å². The first-order chi connectivity index (χ1) is 11.7. The number of aromatic nitrogens is 1. The molecule has 0 fully saturated rings. The minimum atomic E-state index is -0.358. The van der Waals surface area contributed by atoms with Gasteiger partial charge in [0, 0.05) is 12.7 Å². The van der Waals surface area contributed by atoms with E-state index in [0.717, 1.165) is 36.3 Å². The van der Waals surface area contributed by atoms with Crippen molar-refractivity contribution in [3.8, 4) is 16.9 Å². The van der Waals surface area contributed by atoms with Crippen LogP contribution in [-0.2, 0) is 0 Å². The molecule has 0 aliphatic rings. The van der Waals surface area contributed by atoms with Gasteiger partial charge in [-0.15, -0.1) is 0 Å². The Morgan fingerprint density at radius 3 is 2.33 bits per heavy atom. The van der Waals surface area contributed by atoms with Gasteiger partial charge in [-0.3, -0.25) is 0 Å². The number of rotatable bonds is 7. The zero-order valence-corrected chi connectivity index (χ0v) is 15.4. The van der Waals surface area contributed by atoms with E-state index in [4.69, 9.17) is 4.74 Å². The number of halogens is 1. The molecule has 1 aromatic carbocycles. The first-order valence-electron chi connectivity index (χ1n) is 8.71. The molecule has 1 N–H and O–H groups in total. The van der Waals surface area contributed by atoms with Crippen LogP contribution in [-0.4, -0.2) is 18.6 Å². The Morgan fingerprint density at radius 2 is 1.75 bits per heavy atom. The number of methoxy groups -OCH3 is 1. The molecule has 2 aromatic rings. The number of nitrogens with one attached hydrogen (secondary N) is 1. The average Bonchev–Trinajstić information content (AvgIpc) is 2.64. The summed E-state index contributed by atoms with van der Waals surface area (Å²) in [5.74, 6) is 1.36. The van der Waals surface area contributed by atoms with Crippen LogP contribution in [0, 0.1) is 11.7 Å². The van der Waals surface area contributed by atoms with Crippen LogP contribution >= 0.6 is 0 Å². The Morgan fingerprint density at radius 1 is 1.08 bits per heavy atom. The summed E-state index contributed by atoms with van der Waals surface area (Å²) in [6.45, 7) is 9.29. The summed E-state index contributed by atoms with van der Waals surface area (Å²) >= 11 is 0. The smallest absolute Gasteiger partial charge is 0.165 e. The van der Waals surface area contributed by atoms with Gasteiger partial charge < -0.3 is 10.1 Å². The van der Waals surface area contributed by atoms with Crippen molar-refractivity contribution in [3.63, 3.8) is 0 Å². The van der Waals surface area contributed by atoms with Gasteiger partial charge >= 0.3 is 0 Å². The zero-order valence-electron chi connectivity index (χ0n) is 15.4. The van der Waals surface area contributed by atoms with E-state index in [1.165, 1.54) is 13.2 Å². The second-order valence-electron chi connectivity index (χ2n) is 5.34. The number of hydrogen-bond acceptors (Lipinski definition) is 3. The fourth-order valence-electron chi connectivity index (χ4n) is 2.38. The van der Waals surface area contributed by atoms with Gasteiger partial charge in [-0.1, -0.05) is 46.6 Å². The first kappa shape index (κ1) is 19.9. The molecule has 0 saturated heterocycles. The van der Waals surface area contributed by atoms with Crippen LogP contribution in [0.5, 0.6) is 5.75 Å². The predicted octanol–water partition coefficient (Wildman–Crippen LogP) is 5.77.